The normalized spacial score (nSPS) is 13.9. The van der Waals surface area contributed by atoms with Gasteiger partial charge in [-0.25, -0.2) is 4.79 Å². The van der Waals surface area contributed by atoms with E-state index >= 15 is 0 Å². The first-order valence-electron chi connectivity index (χ1n) is 10.3. The van der Waals surface area contributed by atoms with Crippen LogP contribution in [-0.2, 0) is 4.74 Å². The van der Waals surface area contributed by atoms with Gasteiger partial charge in [0.15, 0.2) is 0 Å². The molecule has 1 fully saturated rings. The lowest BCUT2D eigenvalue weighted by molar-refractivity contribution is 0.0171. The summed E-state index contributed by atoms with van der Waals surface area (Å²) in [5, 5.41) is 0. The molecule has 32 heavy (non-hydrogen) atoms. The summed E-state index contributed by atoms with van der Waals surface area (Å²) in [7, 11) is 0.500. The summed E-state index contributed by atoms with van der Waals surface area (Å²) in [6, 6.07) is 6.54. The Bertz CT molecular complexity index is 749. The summed E-state index contributed by atoms with van der Waals surface area (Å²) >= 11 is 1.78. The first kappa shape index (κ1) is 32.0. The second-order valence-electron chi connectivity index (χ2n) is 7.97. The number of nitrogens with zero attached hydrogens (tertiary/aromatic N) is 2. The van der Waals surface area contributed by atoms with Gasteiger partial charge in [0.05, 0.1) is 7.18 Å². The smallest absolute Gasteiger partial charge is 0.410 e. The van der Waals surface area contributed by atoms with Crippen molar-refractivity contribution in [1.29, 1.82) is 0 Å². The molecule has 1 aliphatic rings. The lowest BCUT2D eigenvalue weighted by atomic mass is 10.2. The van der Waals surface area contributed by atoms with Gasteiger partial charge in [-0.1, -0.05) is 43.5 Å². The SMILES string of the molecule is C.C=C.C=C/C(=C(\C)Sc1ccc(C)cc1C)N1CCN(C(=O)OC(C)(C)C)CC1.CF. The number of aryl methyl sites for hydroxylation is 2. The third kappa shape index (κ3) is 10.4. The van der Waals surface area contributed by atoms with E-state index in [0.29, 0.717) is 20.3 Å². The molecule has 0 aliphatic carbocycles. The van der Waals surface area contributed by atoms with E-state index in [9.17, 15) is 9.18 Å². The van der Waals surface area contributed by atoms with E-state index < -0.39 is 5.60 Å². The van der Waals surface area contributed by atoms with Crippen molar-refractivity contribution in [2.24, 2.45) is 0 Å². The third-order valence-electron chi connectivity index (χ3n) is 4.42. The highest BCUT2D eigenvalue weighted by Gasteiger charge is 2.26. The highest BCUT2D eigenvalue weighted by molar-refractivity contribution is 8.03. The maximum absolute atomic E-state index is 12.2. The van der Waals surface area contributed by atoms with Gasteiger partial charge in [-0.2, -0.15) is 0 Å². The molecule has 0 bridgehead atoms. The summed E-state index contributed by atoms with van der Waals surface area (Å²) in [5.74, 6) is 0. The van der Waals surface area contributed by atoms with E-state index in [1.54, 1.807) is 16.7 Å². The van der Waals surface area contributed by atoms with E-state index in [1.807, 2.05) is 26.8 Å². The zero-order valence-electron chi connectivity index (χ0n) is 20.3. The highest BCUT2D eigenvalue weighted by Crippen LogP contribution is 2.33. The largest absolute Gasteiger partial charge is 0.444 e. The number of alkyl halides is 1. The van der Waals surface area contributed by atoms with Crippen LogP contribution in [0.5, 0.6) is 0 Å². The molecule has 1 aliphatic heterocycles. The van der Waals surface area contributed by atoms with Gasteiger partial charge in [0.2, 0.25) is 0 Å². The van der Waals surface area contributed by atoms with Crippen molar-refractivity contribution in [3.63, 3.8) is 0 Å². The first-order valence-corrected chi connectivity index (χ1v) is 11.1. The Morgan fingerprint density at radius 3 is 2.03 bits per heavy atom. The number of rotatable bonds is 4. The van der Waals surface area contributed by atoms with Crippen LogP contribution in [-0.4, -0.2) is 54.9 Å². The molecule has 0 radical (unpaired) electrons. The maximum Gasteiger partial charge on any atom is 0.410 e. The molecule has 0 unspecified atom stereocenters. The van der Waals surface area contributed by atoms with Gasteiger partial charge in [-0.3, -0.25) is 4.39 Å². The van der Waals surface area contributed by atoms with Crippen molar-refractivity contribution in [3.8, 4) is 0 Å². The lowest BCUT2D eigenvalue weighted by Crippen LogP contribution is -2.49. The van der Waals surface area contributed by atoms with E-state index in [2.05, 4.69) is 63.6 Å². The fourth-order valence-electron chi connectivity index (χ4n) is 3.08. The fourth-order valence-corrected chi connectivity index (χ4v) is 4.09. The molecular weight excluding hydrogens is 423 g/mol. The molecule has 182 valence electrons. The Morgan fingerprint density at radius 1 is 1.09 bits per heavy atom. The standard InChI is InChI=1S/C22H32N2O2S.C2H4.CH3F.CH4/c1-8-19(18(4)27-20-10-9-16(2)15-17(20)3)23-11-13-24(14-12-23)21(25)26-22(5,6)7;2*1-2;/h8-10,15H,1,11-14H2,2-7H3;1-2H2;1H3;1H4/b19-18-;;;. The molecule has 1 aromatic carbocycles. The summed E-state index contributed by atoms with van der Waals surface area (Å²) < 4.78 is 15.0. The molecule has 4 nitrogen and oxygen atoms in total. The zero-order valence-corrected chi connectivity index (χ0v) is 21.1. The van der Waals surface area contributed by atoms with Gasteiger partial charge in [0.1, 0.15) is 5.60 Å². The van der Waals surface area contributed by atoms with Gasteiger partial charge in [-0.15, -0.1) is 13.2 Å². The number of benzene rings is 1. The van der Waals surface area contributed by atoms with Crippen LogP contribution in [0.25, 0.3) is 0 Å². The van der Waals surface area contributed by atoms with Gasteiger partial charge >= 0.3 is 6.09 Å². The van der Waals surface area contributed by atoms with Gasteiger partial charge < -0.3 is 14.5 Å². The van der Waals surface area contributed by atoms with E-state index in [4.69, 9.17) is 4.74 Å². The number of hydrogen-bond donors (Lipinski definition) is 0. The minimum atomic E-state index is -0.459. The lowest BCUT2D eigenvalue weighted by Gasteiger charge is -2.37. The molecule has 2 rings (SSSR count). The maximum atomic E-state index is 12.2. The topological polar surface area (TPSA) is 32.8 Å². The van der Waals surface area contributed by atoms with Crippen LogP contribution in [0.3, 0.4) is 0 Å². The Kier molecular flexibility index (Phi) is 15.6. The number of ether oxygens (including phenoxy) is 1. The van der Waals surface area contributed by atoms with Crippen molar-refractivity contribution in [2.75, 3.05) is 33.4 Å². The third-order valence-corrected chi connectivity index (χ3v) is 5.61. The second kappa shape index (κ2) is 15.6. The van der Waals surface area contributed by atoms with Crippen LogP contribution in [0, 0.1) is 13.8 Å². The predicted octanol–water partition coefficient (Wildman–Crippen LogP) is 7.39. The number of amides is 1. The average Bonchev–Trinajstić information content (AvgIpc) is 2.73. The molecule has 0 spiro atoms. The molecule has 0 aromatic heterocycles. The van der Waals surface area contributed by atoms with Crippen LogP contribution in [0.15, 0.2) is 59.5 Å². The van der Waals surface area contributed by atoms with Gasteiger partial charge in [0.25, 0.3) is 0 Å². The number of hydrogen-bond acceptors (Lipinski definition) is 4. The molecule has 0 atom stereocenters. The summed E-state index contributed by atoms with van der Waals surface area (Å²) in [4.78, 5) is 18.8. The van der Waals surface area contributed by atoms with Crippen molar-refractivity contribution in [3.05, 3.63) is 65.7 Å². The van der Waals surface area contributed by atoms with Crippen LogP contribution in [0.2, 0.25) is 0 Å². The average molecular weight is 467 g/mol. The molecule has 1 amide bonds. The fraction of sp³-hybridized carbons (Fsp3) is 0.500. The number of piperazine rings is 1. The predicted molar refractivity (Wildman–Crippen MR) is 139 cm³/mol. The Morgan fingerprint density at radius 2 is 1.59 bits per heavy atom. The monoisotopic (exact) mass is 466 g/mol. The van der Waals surface area contributed by atoms with Crippen molar-refractivity contribution < 1.29 is 13.9 Å². The van der Waals surface area contributed by atoms with Crippen LogP contribution < -0.4 is 0 Å². The molecule has 6 heteroatoms. The molecule has 0 saturated carbocycles. The summed E-state index contributed by atoms with van der Waals surface area (Å²) in [6.07, 6.45) is 1.70. The van der Waals surface area contributed by atoms with Gasteiger partial charge in [-0.05, 0) is 59.2 Å². The Balaban J connectivity index is 0. The molecular formula is C26H43FN2O2S. The molecule has 0 N–H and O–H groups in total. The van der Waals surface area contributed by atoms with Crippen molar-refractivity contribution in [1.82, 2.24) is 9.80 Å². The van der Waals surface area contributed by atoms with E-state index in [-0.39, 0.29) is 13.5 Å². The summed E-state index contributed by atoms with van der Waals surface area (Å²) in [6.45, 7) is 25.0. The summed E-state index contributed by atoms with van der Waals surface area (Å²) in [5.41, 5.74) is 3.25. The minimum absolute atomic E-state index is 0. The highest BCUT2D eigenvalue weighted by atomic mass is 32.2. The molecule has 1 saturated heterocycles. The number of allylic oxidation sites excluding steroid dienone is 2. The minimum Gasteiger partial charge on any atom is -0.444 e. The van der Waals surface area contributed by atoms with Crippen LogP contribution in [0.4, 0.5) is 9.18 Å². The Hall–Kier alpha value is -2.21. The van der Waals surface area contributed by atoms with Crippen LogP contribution >= 0.6 is 11.8 Å². The quantitative estimate of drug-likeness (QED) is 0.263. The van der Waals surface area contributed by atoms with Crippen molar-refractivity contribution in [2.45, 2.75) is 59.5 Å². The zero-order chi connectivity index (χ0) is 24.2. The van der Waals surface area contributed by atoms with Crippen molar-refractivity contribution >= 4 is 17.9 Å². The number of carbonyl (C=O) groups is 1. The van der Waals surface area contributed by atoms with E-state index in [1.165, 1.54) is 20.9 Å². The Labute approximate surface area is 200 Å². The van der Waals surface area contributed by atoms with Crippen LogP contribution in [0.1, 0.15) is 46.2 Å². The number of halogens is 1. The van der Waals surface area contributed by atoms with E-state index in [0.717, 1.165) is 18.8 Å². The second-order valence-corrected chi connectivity index (χ2v) is 9.23. The number of thioether (sulfide) groups is 1. The number of carbonyl (C=O) groups excluding carboxylic acids is 1. The molecule has 1 heterocycles. The van der Waals surface area contributed by atoms with Gasteiger partial charge in [0, 0.05) is 41.7 Å². The first-order chi connectivity index (χ1) is 14.6. The molecule has 1 aromatic rings.